The van der Waals surface area contributed by atoms with Gasteiger partial charge in [0, 0.05) is 24.7 Å². The van der Waals surface area contributed by atoms with E-state index in [0.29, 0.717) is 40.3 Å². The van der Waals surface area contributed by atoms with Crippen LogP contribution in [0.3, 0.4) is 0 Å². The molecule has 0 spiro atoms. The van der Waals surface area contributed by atoms with Gasteiger partial charge in [-0.25, -0.2) is 9.37 Å². The number of carbonyl (C=O) groups excluding carboxylic acids is 2. The molecule has 7 nitrogen and oxygen atoms in total. The summed E-state index contributed by atoms with van der Waals surface area (Å²) in [5.41, 5.74) is 1.12. The van der Waals surface area contributed by atoms with Gasteiger partial charge in [0.1, 0.15) is 16.6 Å². The van der Waals surface area contributed by atoms with Gasteiger partial charge in [0.25, 0.3) is 5.91 Å². The lowest BCUT2D eigenvalue weighted by Gasteiger charge is -2.17. The van der Waals surface area contributed by atoms with E-state index < -0.39 is 17.6 Å². The van der Waals surface area contributed by atoms with Gasteiger partial charge in [-0.1, -0.05) is 0 Å². The summed E-state index contributed by atoms with van der Waals surface area (Å²) in [6.07, 6.45) is 1.95. The number of hydrogen-bond donors (Lipinski definition) is 1. The summed E-state index contributed by atoms with van der Waals surface area (Å²) in [6, 6.07) is 10.9. The molecule has 1 N–H and O–H groups in total. The van der Waals surface area contributed by atoms with Crippen LogP contribution in [0.1, 0.15) is 34.1 Å². The molecule has 158 valence electrons. The summed E-state index contributed by atoms with van der Waals surface area (Å²) in [5, 5.41) is 12.6. The van der Waals surface area contributed by atoms with Crippen LogP contribution in [0.4, 0.5) is 10.1 Å². The number of hydrogen-bond acceptors (Lipinski definition) is 6. The summed E-state index contributed by atoms with van der Waals surface area (Å²) in [4.78, 5) is 31.6. The molecule has 3 aromatic rings. The lowest BCUT2D eigenvalue weighted by molar-refractivity contribution is -0.116. The van der Waals surface area contributed by atoms with Crippen molar-refractivity contribution >= 4 is 39.1 Å². The third-order valence-corrected chi connectivity index (χ3v) is 6.20. The van der Waals surface area contributed by atoms with Crippen molar-refractivity contribution in [2.45, 2.75) is 18.8 Å². The number of carbonyl (C=O) groups is 2. The number of likely N-dealkylation sites (tertiary alicyclic amines) is 1. The van der Waals surface area contributed by atoms with E-state index in [1.54, 1.807) is 29.2 Å². The van der Waals surface area contributed by atoms with Crippen molar-refractivity contribution in [3.8, 4) is 11.8 Å². The second kappa shape index (κ2) is 8.70. The first-order valence-electron chi connectivity index (χ1n) is 9.74. The number of fused-ring (bicyclic) bond motifs is 1. The lowest BCUT2D eigenvalue weighted by atomic mass is 10.1. The van der Waals surface area contributed by atoms with E-state index in [0.717, 1.165) is 24.2 Å². The molecule has 2 amide bonds. The van der Waals surface area contributed by atoms with Gasteiger partial charge in [0.15, 0.2) is 5.92 Å². The smallest absolute Gasteiger partial charge is 0.253 e. The Balaban J connectivity index is 1.60. The van der Waals surface area contributed by atoms with Crippen molar-refractivity contribution in [1.29, 1.82) is 5.26 Å². The molecule has 0 bridgehead atoms. The van der Waals surface area contributed by atoms with Gasteiger partial charge in [-0.2, -0.15) is 5.26 Å². The van der Waals surface area contributed by atoms with Gasteiger partial charge >= 0.3 is 0 Å². The molecule has 1 aromatic heterocycles. The van der Waals surface area contributed by atoms with Crippen LogP contribution in [0.15, 0.2) is 36.4 Å². The predicted octanol–water partition coefficient (Wildman–Crippen LogP) is 3.93. The first-order valence-corrected chi connectivity index (χ1v) is 10.6. The molecule has 1 atom stereocenters. The Morgan fingerprint density at radius 1 is 1.26 bits per heavy atom. The summed E-state index contributed by atoms with van der Waals surface area (Å²) < 4.78 is 19.4. The number of nitrogens with zero attached hydrogens (tertiary/aromatic N) is 3. The normalized spacial score (nSPS) is 14.3. The molecule has 31 heavy (non-hydrogen) atoms. The molecular formula is C22H19FN4O3S. The van der Waals surface area contributed by atoms with E-state index in [1.807, 2.05) is 6.07 Å². The van der Waals surface area contributed by atoms with Crippen LogP contribution in [0, 0.1) is 17.1 Å². The average Bonchev–Trinajstić information content (AvgIpc) is 3.43. The number of rotatable bonds is 5. The molecule has 1 aliphatic heterocycles. The summed E-state index contributed by atoms with van der Waals surface area (Å²) >= 11 is 1.16. The predicted molar refractivity (Wildman–Crippen MR) is 115 cm³/mol. The number of thiazole rings is 1. The van der Waals surface area contributed by atoms with E-state index in [4.69, 9.17) is 4.74 Å². The first-order chi connectivity index (χ1) is 15.0. The molecule has 4 rings (SSSR count). The standard InChI is InChI=1S/C22H19FN4O3S/c1-30-18-6-4-13(22(29)27-8-2-3-9-27)10-16(18)25-20(28)15(12-24)21-26-17-11-14(23)5-7-19(17)31-21/h4-7,10-11,15H,2-3,8-9H2,1H3,(H,25,28)/t15-/m1/s1. The van der Waals surface area contributed by atoms with Gasteiger partial charge in [0.05, 0.1) is 29.1 Å². The fourth-order valence-corrected chi connectivity index (χ4v) is 4.51. The lowest BCUT2D eigenvalue weighted by Crippen LogP contribution is -2.27. The second-order valence-corrected chi connectivity index (χ2v) is 8.19. The molecule has 0 unspecified atom stereocenters. The number of nitrogens with one attached hydrogen (secondary N) is 1. The third kappa shape index (κ3) is 4.20. The monoisotopic (exact) mass is 438 g/mol. The van der Waals surface area contributed by atoms with Crippen molar-refractivity contribution in [1.82, 2.24) is 9.88 Å². The van der Waals surface area contributed by atoms with Gasteiger partial charge in [-0.15, -0.1) is 11.3 Å². The Morgan fingerprint density at radius 2 is 2.03 bits per heavy atom. The average molecular weight is 438 g/mol. The maximum absolute atomic E-state index is 13.4. The van der Waals surface area contributed by atoms with Gasteiger partial charge in [-0.05, 0) is 43.2 Å². The number of ether oxygens (including phenoxy) is 1. The molecule has 1 fully saturated rings. The summed E-state index contributed by atoms with van der Waals surface area (Å²) in [6.45, 7) is 1.42. The Kier molecular flexibility index (Phi) is 5.82. The summed E-state index contributed by atoms with van der Waals surface area (Å²) in [5.74, 6) is -1.98. The minimum absolute atomic E-state index is 0.110. The van der Waals surface area contributed by atoms with E-state index in [1.165, 1.54) is 19.2 Å². The van der Waals surface area contributed by atoms with E-state index >= 15 is 0 Å². The highest BCUT2D eigenvalue weighted by molar-refractivity contribution is 7.18. The van der Waals surface area contributed by atoms with Crippen molar-refractivity contribution in [3.63, 3.8) is 0 Å². The number of amides is 2. The zero-order valence-electron chi connectivity index (χ0n) is 16.7. The molecule has 0 saturated carbocycles. The molecule has 0 aliphatic carbocycles. The maximum atomic E-state index is 13.4. The highest BCUT2D eigenvalue weighted by atomic mass is 32.1. The molecule has 2 heterocycles. The van der Waals surface area contributed by atoms with E-state index in [9.17, 15) is 19.2 Å². The molecule has 1 saturated heterocycles. The fourth-order valence-electron chi connectivity index (χ4n) is 3.51. The highest BCUT2D eigenvalue weighted by Crippen LogP contribution is 2.31. The molecule has 0 radical (unpaired) electrons. The van der Waals surface area contributed by atoms with Crippen molar-refractivity contribution in [2.24, 2.45) is 0 Å². The minimum Gasteiger partial charge on any atom is -0.495 e. The number of halogens is 1. The Morgan fingerprint density at radius 3 is 2.74 bits per heavy atom. The number of methoxy groups -OCH3 is 1. The van der Waals surface area contributed by atoms with Crippen LogP contribution < -0.4 is 10.1 Å². The van der Waals surface area contributed by atoms with Crippen LogP contribution in [0.2, 0.25) is 0 Å². The minimum atomic E-state index is -1.19. The third-order valence-electron chi connectivity index (χ3n) is 5.10. The second-order valence-electron chi connectivity index (χ2n) is 7.13. The van der Waals surface area contributed by atoms with Crippen molar-refractivity contribution in [2.75, 3.05) is 25.5 Å². The zero-order chi connectivity index (χ0) is 22.0. The van der Waals surface area contributed by atoms with Crippen LogP contribution in [0.25, 0.3) is 10.2 Å². The Labute approximate surface area is 182 Å². The zero-order valence-corrected chi connectivity index (χ0v) is 17.5. The number of nitriles is 1. The Hall–Kier alpha value is -3.51. The SMILES string of the molecule is COc1ccc(C(=O)N2CCCC2)cc1NC(=O)[C@@H](C#N)c1nc2cc(F)ccc2s1. The first kappa shape index (κ1) is 20.8. The van der Waals surface area contributed by atoms with Crippen molar-refractivity contribution in [3.05, 3.63) is 52.8 Å². The van der Waals surface area contributed by atoms with Crippen LogP contribution in [-0.4, -0.2) is 41.9 Å². The largest absolute Gasteiger partial charge is 0.495 e. The van der Waals surface area contributed by atoms with E-state index in [2.05, 4.69) is 10.3 Å². The van der Waals surface area contributed by atoms with Crippen LogP contribution in [0.5, 0.6) is 5.75 Å². The number of aromatic nitrogens is 1. The topological polar surface area (TPSA) is 95.3 Å². The number of benzene rings is 2. The van der Waals surface area contributed by atoms with Gasteiger partial charge in [-0.3, -0.25) is 9.59 Å². The van der Waals surface area contributed by atoms with Gasteiger partial charge in [0.2, 0.25) is 5.91 Å². The molecule has 1 aliphatic rings. The fraction of sp³-hybridized carbons (Fsp3) is 0.273. The van der Waals surface area contributed by atoms with Crippen LogP contribution in [-0.2, 0) is 4.79 Å². The summed E-state index contributed by atoms with van der Waals surface area (Å²) in [7, 11) is 1.46. The van der Waals surface area contributed by atoms with E-state index in [-0.39, 0.29) is 10.9 Å². The quantitative estimate of drug-likeness (QED) is 0.651. The van der Waals surface area contributed by atoms with Crippen LogP contribution >= 0.6 is 11.3 Å². The molecule has 9 heteroatoms. The highest BCUT2D eigenvalue weighted by Gasteiger charge is 2.26. The van der Waals surface area contributed by atoms with Gasteiger partial charge < -0.3 is 15.0 Å². The number of anilines is 1. The van der Waals surface area contributed by atoms with Crippen molar-refractivity contribution < 1.29 is 18.7 Å². The molecule has 2 aromatic carbocycles. The molecular weight excluding hydrogens is 419 g/mol. The Bertz CT molecular complexity index is 1200. The maximum Gasteiger partial charge on any atom is 0.253 e.